The molecule has 0 aliphatic carbocycles. The van der Waals surface area contributed by atoms with Crippen molar-refractivity contribution in [2.45, 2.75) is 40.5 Å². The van der Waals surface area contributed by atoms with Gasteiger partial charge < -0.3 is 9.80 Å². The van der Waals surface area contributed by atoms with E-state index in [1.807, 2.05) is 23.6 Å². The predicted molar refractivity (Wildman–Crippen MR) is 88.1 cm³/mol. The lowest BCUT2D eigenvalue weighted by atomic mass is 10.0. The number of aryl methyl sites for hydroxylation is 2. The van der Waals surface area contributed by atoms with E-state index in [4.69, 9.17) is 0 Å². The lowest BCUT2D eigenvalue weighted by Gasteiger charge is -2.36. The Morgan fingerprint density at radius 3 is 2.09 bits per heavy atom. The lowest BCUT2D eigenvalue weighted by Crippen LogP contribution is -2.51. The SMILES string of the molecule is CCC(CC)C(=O)N1CCN(C(=O)c2sc(C)nc2C)CC1. The number of nitrogens with zero attached hydrogens (tertiary/aromatic N) is 3. The molecule has 6 heteroatoms. The van der Waals surface area contributed by atoms with Crippen molar-refractivity contribution in [1.29, 1.82) is 0 Å². The Morgan fingerprint density at radius 2 is 1.64 bits per heavy atom. The van der Waals surface area contributed by atoms with Gasteiger partial charge in [-0.3, -0.25) is 9.59 Å². The van der Waals surface area contributed by atoms with Crippen molar-refractivity contribution in [3.63, 3.8) is 0 Å². The number of amides is 2. The minimum absolute atomic E-state index is 0.0535. The highest BCUT2D eigenvalue weighted by Gasteiger charge is 2.29. The van der Waals surface area contributed by atoms with Crippen LogP contribution in [0.25, 0.3) is 0 Å². The van der Waals surface area contributed by atoms with E-state index in [1.54, 1.807) is 0 Å². The third-order valence-electron chi connectivity index (χ3n) is 4.31. The van der Waals surface area contributed by atoms with E-state index in [2.05, 4.69) is 18.8 Å². The second-order valence-electron chi connectivity index (χ2n) is 5.78. The van der Waals surface area contributed by atoms with Crippen molar-refractivity contribution in [3.05, 3.63) is 15.6 Å². The number of hydrogen-bond donors (Lipinski definition) is 0. The molecule has 2 heterocycles. The molecule has 22 heavy (non-hydrogen) atoms. The van der Waals surface area contributed by atoms with Crippen LogP contribution in [0.4, 0.5) is 0 Å². The maximum atomic E-state index is 12.5. The third kappa shape index (κ3) is 3.48. The zero-order valence-corrected chi connectivity index (χ0v) is 14.7. The van der Waals surface area contributed by atoms with Gasteiger partial charge in [-0.2, -0.15) is 0 Å². The van der Waals surface area contributed by atoms with Gasteiger partial charge in [0.2, 0.25) is 5.91 Å². The number of thiazole rings is 1. The molecule has 0 unspecified atom stereocenters. The van der Waals surface area contributed by atoms with Crippen LogP contribution in [0, 0.1) is 19.8 Å². The summed E-state index contributed by atoms with van der Waals surface area (Å²) in [5.41, 5.74) is 0.808. The Labute approximate surface area is 136 Å². The monoisotopic (exact) mass is 323 g/mol. The fourth-order valence-corrected chi connectivity index (χ4v) is 3.79. The molecule has 1 saturated heterocycles. The maximum Gasteiger partial charge on any atom is 0.265 e. The standard InChI is InChI=1S/C16H25N3O2S/c1-5-13(6-2)15(20)18-7-9-19(10-8-18)16(21)14-11(3)17-12(4)22-14/h13H,5-10H2,1-4H3. The summed E-state index contributed by atoms with van der Waals surface area (Å²) in [6, 6.07) is 0. The molecule has 1 aromatic heterocycles. The van der Waals surface area contributed by atoms with Crippen LogP contribution in [0.1, 0.15) is 47.1 Å². The average Bonchev–Trinajstić information content (AvgIpc) is 2.86. The molecule has 1 aliphatic rings. The fourth-order valence-electron chi connectivity index (χ4n) is 2.90. The molecule has 2 rings (SSSR count). The van der Waals surface area contributed by atoms with Crippen LogP contribution in [0.3, 0.4) is 0 Å². The highest BCUT2D eigenvalue weighted by Crippen LogP contribution is 2.21. The van der Waals surface area contributed by atoms with Gasteiger partial charge in [0.15, 0.2) is 0 Å². The quantitative estimate of drug-likeness (QED) is 0.855. The van der Waals surface area contributed by atoms with Crippen molar-refractivity contribution < 1.29 is 9.59 Å². The molecule has 0 saturated carbocycles. The molecule has 0 aromatic carbocycles. The molecule has 1 aromatic rings. The van der Waals surface area contributed by atoms with E-state index in [0.717, 1.165) is 28.4 Å². The Balaban J connectivity index is 1.96. The van der Waals surface area contributed by atoms with Crippen molar-refractivity contribution >= 4 is 23.2 Å². The summed E-state index contributed by atoms with van der Waals surface area (Å²) in [6.07, 6.45) is 1.77. The molecular formula is C16H25N3O2S. The largest absolute Gasteiger partial charge is 0.339 e. The summed E-state index contributed by atoms with van der Waals surface area (Å²) in [6.45, 7) is 10.4. The van der Waals surface area contributed by atoms with Crippen LogP contribution < -0.4 is 0 Å². The maximum absolute atomic E-state index is 12.5. The van der Waals surface area contributed by atoms with Crippen LogP contribution in [0.5, 0.6) is 0 Å². The first kappa shape index (κ1) is 16.9. The van der Waals surface area contributed by atoms with Gasteiger partial charge >= 0.3 is 0 Å². The number of piperazine rings is 1. The van der Waals surface area contributed by atoms with Gasteiger partial charge in [-0.25, -0.2) is 4.98 Å². The van der Waals surface area contributed by atoms with Crippen molar-refractivity contribution in [2.24, 2.45) is 5.92 Å². The Bertz CT molecular complexity index is 544. The molecule has 122 valence electrons. The Morgan fingerprint density at radius 1 is 1.09 bits per heavy atom. The van der Waals surface area contributed by atoms with E-state index < -0.39 is 0 Å². The number of hydrogen-bond acceptors (Lipinski definition) is 4. The number of rotatable bonds is 4. The Hall–Kier alpha value is -1.43. The van der Waals surface area contributed by atoms with E-state index >= 15 is 0 Å². The lowest BCUT2D eigenvalue weighted by molar-refractivity contribution is -0.137. The summed E-state index contributed by atoms with van der Waals surface area (Å²) in [5.74, 6) is 0.410. The number of carbonyl (C=O) groups is 2. The second kappa shape index (κ2) is 7.22. The van der Waals surface area contributed by atoms with Gasteiger partial charge in [0.1, 0.15) is 4.88 Å². The first-order chi connectivity index (χ1) is 10.5. The van der Waals surface area contributed by atoms with Crippen LogP contribution in [0.15, 0.2) is 0 Å². The molecule has 0 spiro atoms. The van der Waals surface area contributed by atoms with Gasteiger partial charge in [0, 0.05) is 32.1 Å². The van der Waals surface area contributed by atoms with E-state index in [-0.39, 0.29) is 17.7 Å². The predicted octanol–water partition coefficient (Wildman–Crippen LogP) is 2.48. The summed E-state index contributed by atoms with van der Waals surface area (Å²) in [4.78, 5) is 33.7. The zero-order chi connectivity index (χ0) is 16.3. The molecule has 0 atom stereocenters. The van der Waals surface area contributed by atoms with Crippen molar-refractivity contribution in [1.82, 2.24) is 14.8 Å². The van der Waals surface area contributed by atoms with Crippen LogP contribution in [-0.4, -0.2) is 52.8 Å². The normalized spacial score (nSPS) is 15.5. The van der Waals surface area contributed by atoms with Crippen molar-refractivity contribution in [2.75, 3.05) is 26.2 Å². The average molecular weight is 323 g/mol. The molecule has 5 nitrogen and oxygen atoms in total. The minimum Gasteiger partial charge on any atom is -0.339 e. The molecule has 2 amide bonds. The van der Waals surface area contributed by atoms with Crippen LogP contribution in [0.2, 0.25) is 0 Å². The molecular weight excluding hydrogens is 298 g/mol. The zero-order valence-electron chi connectivity index (χ0n) is 13.9. The number of carbonyl (C=O) groups excluding carboxylic acids is 2. The molecule has 0 N–H and O–H groups in total. The summed E-state index contributed by atoms with van der Waals surface area (Å²) >= 11 is 1.45. The highest BCUT2D eigenvalue weighted by atomic mass is 32.1. The Kier molecular flexibility index (Phi) is 5.56. The molecule has 1 fully saturated rings. The number of aromatic nitrogens is 1. The molecule has 0 bridgehead atoms. The van der Waals surface area contributed by atoms with Crippen LogP contribution in [-0.2, 0) is 4.79 Å². The van der Waals surface area contributed by atoms with Gasteiger partial charge in [-0.15, -0.1) is 11.3 Å². The van der Waals surface area contributed by atoms with Gasteiger partial charge in [-0.05, 0) is 26.7 Å². The smallest absolute Gasteiger partial charge is 0.265 e. The summed E-state index contributed by atoms with van der Waals surface area (Å²) in [7, 11) is 0. The summed E-state index contributed by atoms with van der Waals surface area (Å²) in [5, 5.41) is 0.920. The van der Waals surface area contributed by atoms with Gasteiger partial charge in [-0.1, -0.05) is 13.8 Å². The third-order valence-corrected chi connectivity index (χ3v) is 5.37. The van der Waals surface area contributed by atoms with E-state index in [0.29, 0.717) is 26.2 Å². The van der Waals surface area contributed by atoms with E-state index in [1.165, 1.54) is 11.3 Å². The van der Waals surface area contributed by atoms with Gasteiger partial charge in [0.25, 0.3) is 5.91 Å². The van der Waals surface area contributed by atoms with Crippen LogP contribution >= 0.6 is 11.3 Å². The highest BCUT2D eigenvalue weighted by molar-refractivity contribution is 7.13. The molecule has 1 aliphatic heterocycles. The minimum atomic E-state index is 0.0535. The first-order valence-corrected chi connectivity index (χ1v) is 8.81. The second-order valence-corrected chi connectivity index (χ2v) is 6.98. The van der Waals surface area contributed by atoms with Crippen molar-refractivity contribution in [3.8, 4) is 0 Å². The van der Waals surface area contributed by atoms with E-state index in [9.17, 15) is 9.59 Å². The first-order valence-electron chi connectivity index (χ1n) is 8.00. The topological polar surface area (TPSA) is 53.5 Å². The summed E-state index contributed by atoms with van der Waals surface area (Å²) < 4.78 is 0. The molecule has 0 radical (unpaired) electrons. The van der Waals surface area contributed by atoms with Gasteiger partial charge in [0.05, 0.1) is 10.7 Å². The fraction of sp³-hybridized carbons (Fsp3) is 0.688.